The lowest BCUT2D eigenvalue weighted by Crippen LogP contribution is -2.51. The summed E-state index contributed by atoms with van der Waals surface area (Å²) in [5, 5.41) is 6.81. The zero-order valence-electron chi connectivity index (χ0n) is 18.2. The molecule has 164 valence electrons. The molecule has 0 spiro atoms. The molecule has 2 fully saturated rings. The monoisotopic (exact) mass is 507 g/mol. The van der Waals surface area contributed by atoms with E-state index in [9.17, 15) is 4.79 Å². The minimum absolute atomic E-state index is 0. The summed E-state index contributed by atoms with van der Waals surface area (Å²) in [6.45, 7) is 14.0. The molecule has 0 aromatic carbocycles. The van der Waals surface area contributed by atoms with Crippen LogP contribution in [0.15, 0.2) is 4.99 Å². The van der Waals surface area contributed by atoms with Gasteiger partial charge in [0.25, 0.3) is 0 Å². The Morgan fingerprint density at radius 3 is 2.25 bits per heavy atom. The molecule has 0 aromatic rings. The first kappa shape index (κ1) is 25.5. The van der Waals surface area contributed by atoms with Crippen molar-refractivity contribution in [2.75, 3.05) is 52.4 Å². The summed E-state index contributed by atoms with van der Waals surface area (Å²) < 4.78 is 0. The van der Waals surface area contributed by atoms with E-state index < -0.39 is 0 Å². The van der Waals surface area contributed by atoms with E-state index >= 15 is 0 Å². The van der Waals surface area contributed by atoms with Gasteiger partial charge in [0.2, 0.25) is 5.91 Å². The van der Waals surface area contributed by atoms with Gasteiger partial charge >= 0.3 is 0 Å². The molecule has 1 aliphatic carbocycles. The minimum Gasteiger partial charge on any atom is -0.357 e. The van der Waals surface area contributed by atoms with Crippen molar-refractivity contribution in [1.29, 1.82) is 0 Å². The summed E-state index contributed by atoms with van der Waals surface area (Å²) in [6.07, 6.45) is 7.04. The number of halogens is 1. The van der Waals surface area contributed by atoms with Gasteiger partial charge in [-0.15, -0.1) is 24.0 Å². The molecule has 2 rings (SSSR count). The number of carbonyl (C=O) groups is 1. The average molecular weight is 508 g/mol. The van der Waals surface area contributed by atoms with Gasteiger partial charge < -0.3 is 15.5 Å². The molecule has 2 N–H and O–H groups in total. The van der Waals surface area contributed by atoms with Crippen molar-refractivity contribution in [2.45, 2.75) is 59.3 Å². The number of hydrogen-bond acceptors (Lipinski definition) is 3. The predicted molar refractivity (Wildman–Crippen MR) is 128 cm³/mol. The van der Waals surface area contributed by atoms with Crippen LogP contribution in [0.5, 0.6) is 0 Å². The van der Waals surface area contributed by atoms with Crippen LogP contribution in [0.2, 0.25) is 0 Å². The second kappa shape index (κ2) is 14.4. The van der Waals surface area contributed by atoms with Crippen LogP contribution in [0.25, 0.3) is 0 Å². The van der Waals surface area contributed by atoms with Crippen molar-refractivity contribution >= 4 is 35.8 Å². The molecule has 0 aromatic heterocycles. The number of nitrogens with zero attached hydrogens (tertiary/aromatic N) is 3. The van der Waals surface area contributed by atoms with Crippen LogP contribution in [-0.2, 0) is 4.79 Å². The van der Waals surface area contributed by atoms with Crippen LogP contribution in [0, 0.1) is 11.8 Å². The van der Waals surface area contributed by atoms with Crippen LogP contribution in [0.1, 0.15) is 59.3 Å². The summed E-state index contributed by atoms with van der Waals surface area (Å²) in [5.41, 5.74) is 0. The number of amides is 1. The van der Waals surface area contributed by atoms with Gasteiger partial charge in [-0.3, -0.25) is 14.7 Å². The lowest BCUT2D eigenvalue weighted by molar-refractivity contribution is -0.137. The number of piperazine rings is 1. The second-order valence-corrected chi connectivity index (χ2v) is 7.98. The lowest BCUT2D eigenvalue weighted by atomic mass is 10.0. The fourth-order valence-electron chi connectivity index (χ4n) is 4.06. The zero-order valence-corrected chi connectivity index (χ0v) is 20.5. The molecule has 1 saturated carbocycles. The highest BCUT2D eigenvalue weighted by molar-refractivity contribution is 14.0. The van der Waals surface area contributed by atoms with Crippen molar-refractivity contribution < 1.29 is 4.79 Å². The standard InChI is InChI=1S/C21H41N5O.HI/c1-4-18(5-2)17-24-21(22-6-3)23-11-12-25-13-15-26(16-14-25)20(27)19-9-7-8-10-19;/h18-19H,4-17H2,1-3H3,(H2,22,23,24);1H. The quantitative estimate of drug-likeness (QED) is 0.286. The van der Waals surface area contributed by atoms with E-state index in [4.69, 9.17) is 4.99 Å². The van der Waals surface area contributed by atoms with E-state index in [0.29, 0.717) is 17.7 Å². The molecule has 0 unspecified atom stereocenters. The molecule has 1 aliphatic heterocycles. The Labute approximate surface area is 189 Å². The number of nitrogens with one attached hydrogen (secondary N) is 2. The molecule has 2 aliphatic rings. The van der Waals surface area contributed by atoms with Crippen molar-refractivity contribution in [3.63, 3.8) is 0 Å². The summed E-state index contributed by atoms with van der Waals surface area (Å²) in [5.74, 6) is 2.32. The Kier molecular flexibility index (Phi) is 13.1. The van der Waals surface area contributed by atoms with Gasteiger partial charge in [0.15, 0.2) is 5.96 Å². The fourth-order valence-corrected chi connectivity index (χ4v) is 4.06. The van der Waals surface area contributed by atoms with Gasteiger partial charge in [-0.25, -0.2) is 0 Å². The molecule has 0 atom stereocenters. The molecular formula is C21H42IN5O. The summed E-state index contributed by atoms with van der Waals surface area (Å²) in [7, 11) is 0. The second-order valence-electron chi connectivity index (χ2n) is 7.98. The van der Waals surface area contributed by atoms with E-state index in [-0.39, 0.29) is 24.0 Å². The van der Waals surface area contributed by atoms with Gasteiger partial charge in [0.1, 0.15) is 0 Å². The highest BCUT2D eigenvalue weighted by atomic mass is 127. The number of hydrogen-bond donors (Lipinski definition) is 2. The molecule has 7 heteroatoms. The maximum atomic E-state index is 12.5. The molecular weight excluding hydrogens is 465 g/mol. The van der Waals surface area contributed by atoms with Crippen LogP contribution >= 0.6 is 24.0 Å². The minimum atomic E-state index is 0. The first-order valence-corrected chi connectivity index (χ1v) is 11.2. The number of rotatable bonds is 9. The first-order valence-electron chi connectivity index (χ1n) is 11.2. The van der Waals surface area contributed by atoms with Gasteiger partial charge in [-0.05, 0) is 25.7 Å². The van der Waals surface area contributed by atoms with E-state index in [1.807, 2.05) is 0 Å². The van der Waals surface area contributed by atoms with Crippen molar-refractivity contribution in [2.24, 2.45) is 16.8 Å². The molecule has 0 bridgehead atoms. The Morgan fingerprint density at radius 1 is 1.04 bits per heavy atom. The SMILES string of the molecule is CCNC(=NCC(CC)CC)NCCN1CCN(C(=O)C2CCCC2)CC1.I. The lowest BCUT2D eigenvalue weighted by Gasteiger charge is -2.36. The average Bonchev–Trinajstić information content (AvgIpc) is 3.23. The Hall–Kier alpha value is -0.570. The topological polar surface area (TPSA) is 60.0 Å². The summed E-state index contributed by atoms with van der Waals surface area (Å²) in [6, 6.07) is 0. The Bertz CT molecular complexity index is 456. The Balaban J connectivity index is 0.00000392. The number of aliphatic imine (C=N–C) groups is 1. The molecule has 28 heavy (non-hydrogen) atoms. The third-order valence-corrected chi connectivity index (χ3v) is 6.12. The zero-order chi connectivity index (χ0) is 19.5. The van der Waals surface area contributed by atoms with E-state index in [1.165, 1.54) is 25.7 Å². The van der Waals surface area contributed by atoms with E-state index in [0.717, 1.165) is 71.2 Å². The van der Waals surface area contributed by atoms with Gasteiger partial charge in [-0.1, -0.05) is 39.5 Å². The fraction of sp³-hybridized carbons (Fsp3) is 0.905. The smallest absolute Gasteiger partial charge is 0.225 e. The maximum absolute atomic E-state index is 12.5. The van der Waals surface area contributed by atoms with Crippen molar-refractivity contribution in [3.8, 4) is 0 Å². The molecule has 1 amide bonds. The maximum Gasteiger partial charge on any atom is 0.225 e. The van der Waals surface area contributed by atoms with E-state index in [1.54, 1.807) is 0 Å². The normalized spacial score (nSPS) is 19.0. The van der Waals surface area contributed by atoms with Crippen LogP contribution < -0.4 is 10.6 Å². The van der Waals surface area contributed by atoms with Crippen molar-refractivity contribution in [3.05, 3.63) is 0 Å². The van der Waals surface area contributed by atoms with E-state index in [2.05, 4.69) is 41.2 Å². The third-order valence-electron chi connectivity index (χ3n) is 6.12. The predicted octanol–water partition coefficient (Wildman–Crippen LogP) is 2.93. The summed E-state index contributed by atoms with van der Waals surface area (Å²) >= 11 is 0. The van der Waals surface area contributed by atoms with Crippen molar-refractivity contribution in [1.82, 2.24) is 20.4 Å². The largest absolute Gasteiger partial charge is 0.357 e. The molecule has 6 nitrogen and oxygen atoms in total. The Morgan fingerprint density at radius 2 is 1.68 bits per heavy atom. The van der Waals surface area contributed by atoms with Crippen LogP contribution in [-0.4, -0.2) is 74.0 Å². The highest BCUT2D eigenvalue weighted by Gasteiger charge is 2.29. The van der Waals surface area contributed by atoms with Crippen LogP contribution in [0.4, 0.5) is 0 Å². The third kappa shape index (κ3) is 8.43. The number of carbonyl (C=O) groups excluding carboxylic acids is 1. The summed E-state index contributed by atoms with van der Waals surface area (Å²) in [4.78, 5) is 21.8. The first-order chi connectivity index (χ1) is 13.2. The van der Waals surface area contributed by atoms with Gasteiger partial charge in [0.05, 0.1) is 0 Å². The molecule has 1 heterocycles. The molecule has 1 saturated heterocycles. The van der Waals surface area contributed by atoms with Crippen LogP contribution in [0.3, 0.4) is 0 Å². The number of guanidine groups is 1. The van der Waals surface area contributed by atoms with Gasteiger partial charge in [-0.2, -0.15) is 0 Å². The molecule has 0 radical (unpaired) electrons. The highest BCUT2D eigenvalue weighted by Crippen LogP contribution is 2.26. The van der Waals surface area contributed by atoms with Gasteiger partial charge in [0, 0.05) is 58.3 Å².